The summed E-state index contributed by atoms with van der Waals surface area (Å²) in [6.07, 6.45) is 0. The number of hydrogen-bond acceptors (Lipinski definition) is 1. The summed E-state index contributed by atoms with van der Waals surface area (Å²) in [5, 5.41) is 8.38. The van der Waals surface area contributed by atoms with Crippen molar-refractivity contribution in [3.8, 4) is 6.07 Å². The van der Waals surface area contributed by atoms with Crippen LogP contribution in [0.5, 0.6) is 0 Å². The molecule has 0 heterocycles. The molecule has 0 N–H and O–H groups in total. The van der Waals surface area contributed by atoms with Gasteiger partial charge in [0.25, 0.3) is 0 Å². The van der Waals surface area contributed by atoms with Crippen LogP contribution in [0.4, 0.5) is 4.39 Å². The van der Waals surface area contributed by atoms with Gasteiger partial charge < -0.3 is 0 Å². The average molecular weight is 494 g/mol. The lowest BCUT2D eigenvalue weighted by Gasteiger charge is -2.05. The van der Waals surface area contributed by atoms with Crippen LogP contribution in [-0.4, -0.2) is 0 Å². The van der Waals surface area contributed by atoms with Gasteiger partial charge in [-0.1, -0.05) is 129 Å². The van der Waals surface area contributed by atoms with Gasteiger partial charge in [0.05, 0.1) is 11.6 Å². The monoisotopic (exact) mass is 493 g/mol. The Labute approximate surface area is 223 Å². The highest BCUT2D eigenvalue weighted by atomic mass is 19.1. The number of nitriles is 1. The molecule has 0 atom stereocenters. The Morgan fingerprint density at radius 1 is 0.583 bits per heavy atom. The summed E-state index contributed by atoms with van der Waals surface area (Å²) in [6, 6.07) is 23.7. The molecular formula is C34H52FN. The Morgan fingerprint density at radius 2 is 0.944 bits per heavy atom. The smallest absolute Gasteiger partial charge is 0.126 e. The van der Waals surface area contributed by atoms with Crippen molar-refractivity contribution in [1.82, 2.24) is 0 Å². The van der Waals surface area contributed by atoms with Crippen molar-refractivity contribution < 1.29 is 4.39 Å². The number of aryl methyl sites for hydroxylation is 3. The van der Waals surface area contributed by atoms with Gasteiger partial charge in [0.2, 0.25) is 0 Å². The standard InChI is InChI=1S/C10H13F.C10H14.C8H7N.3C2H6/c1-7(2)9-5-4-8(3)10(11)6-9;1-8(2)10-6-4-9(3)5-7-10;1-7-2-4-8(6-9)5-3-7;3*1-2/h4-7H,1-3H3;4-8H,1-3H3;2-5H,1H3;3*1-2H3. The zero-order valence-corrected chi connectivity index (χ0v) is 25.3. The molecule has 0 aliphatic carbocycles. The third-order valence-corrected chi connectivity index (χ3v) is 4.79. The first-order valence-electron chi connectivity index (χ1n) is 13.4. The van der Waals surface area contributed by atoms with Crippen LogP contribution in [0.25, 0.3) is 0 Å². The summed E-state index contributed by atoms with van der Waals surface area (Å²) < 4.78 is 12.9. The summed E-state index contributed by atoms with van der Waals surface area (Å²) >= 11 is 0. The fourth-order valence-electron chi connectivity index (χ4n) is 2.55. The van der Waals surface area contributed by atoms with Crippen LogP contribution < -0.4 is 0 Å². The lowest BCUT2D eigenvalue weighted by molar-refractivity contribution is 0.614. The van der Waals surface area contributed by atoms with Crippen LogP contribution >= 0.6 is 0 Å². The molecule has 2 heteroatoms. The molecule has 0 unspecified atom stereocenters. The van der Waals surface area contributed by atoms with Crippen molar-refractivity contribution in [2.45, 2.75) is 102 Å². The van der Waals surface area contributed by atoms with Crippen LogP contribution in [-0.2, 0) is 0 Å². The highest BCUT2D eigenvalue weighted by Crippen LogP contribution is 2.17. The third kappa shape index (κ3) is 17.5. The molecule has 0 radical (unpaired) electrons. The van der Waals surface area contributed by atoms with E-state index in [1.807, 2.05) is 84.9 Å². The molecule has 1 nitrogen and oxygen atoms in total. The molecule has 0 aromatic heterocycles. The van der Waals surface area contributed by atoms with Crippen LogP contribution in [0.2, 0.25) is 0 Å². The van der Waals surface area contributed by atoms with Crippen molar-refractivity contribution >= 4 is 0 Å². The first kappa shape index (κ1) is 37.6. The molecule has 0 spiro atoms. The first-order valence-corrected chi connectivity index (χ1v) is 13.4. The van der Waals surface area contributed by atoms with Gasteiger partial charge in [-0.15, -0.1) is 0 Å². The fraction of sp³-hybridized carbons (Fsp3) is 0.441. The van der Waals surface area contributed by atoms with Crippen LogP contribution in [0.15, 0.2) is 66.7 Å². The van der Waals surface area contributed by atoms with E-state index in [1.165, 1.54) is 16.7 Å². The molecule has 3 aromatic carbocycles. The van der Waals surface area contributed by atoms with Crippen molar-refractivity contribution in [1.29, 1.82) is 5.26 Å². The molecule has 0 aliphatic rings. The summed E-state index contributed by atoms with van der Waals surface area (Å²) in [4.78, 5) is 0. The molecule has 0 saturated carbocycles. The number of nitrogens with zero attached hydrogens (tertiary/aromatic N) is 1. The zero-order chi connectivity index (χ0) is 28.7. The van der Waals surface area contributed by atoms with E-state index in [2.05, 4.69) is 65.0 Å². The molecule has 0 fully saturated rings. The third-order valence-electron chi connectivity index (χ3n) is 4.79. The van der Waals surface area contributed by atoms with Gasteiger partial charge in [-0.25, -0.2) is 4.39 Å². The quantitative estimate of drug-likeness (QED) is 0.348. The van der Waals surface area contributed by atoms with Crippen molar-refractivity contribution in [3.05, 3.63) is 106 Å². The zero-order valence-electron chi connectivity index (χ0n) is 25.3. The molecule has 0 saturated heterocycles. The largest absolute Gasteiger partial charge is 0.207 e. The SMILES string of the molecule is CC.CC.CC.Cc1ccc(C#N)cc1.Cc1ccc(C(C)C)cc1.Cc1ccc(C(C)C)cc1F. The molecule has 3 aromatic rings. The van der Waals surface area contributed by atoms with E-state index >= 15 is 0 Å². The van der Waals surface area contributed by atoms with E-state index in [4.69, 9.17) is 5.26 Å². The van der Waals surface area contributed by atoms with Crippen LogP contribution in [0.3, 0.4) is 0 Å². The molecule has 200 valence electrons. The Bertz CT molecular complexity index is 930. The van der Waals surface area contributed by atoms with Gasteiger partial charge >= 0.3 is 0 Å². The molecule has 36 heavy (non-hydrogen) atoms. The fourth-order valence-corrected chi connectivity index (χ4v) is 2.55. The maximum atomic E-state index is 12.9. The van der Waals surface area contributed by atoms with Gasteiger partial charge in [0, 0.05) is 0 Å². The minimum Gasteiger partial charge on any atom is -0.207 e. The Kier molecular flexibility index (Phi) is 24.9. The van der Waals surface area contributed by atoms with Gasteiger partial charge in [0.1, 0.15) is 5.82 Å². The van der Waals surface area contributed by atoms with Crippen LogP contribution in [0.1, 0.15) is 114 Å². The summed E-state index contributed by atoms with van der Waals surface area (Å²) in [7, 11) is 0. The van der Waals surface area contributed by atoms with Crippen molar-refractivity contribution in [2.24, 2.45) is 0 Å². The molecule has 0 bridgehead atoms. The average Bonchev–Trinajstić information content (AvgIpc) is 2.90. The second-order valence-corrected chi connectivity index (χ2v) is 8.21. The topological polar surface area (TPSA) is 23.8 Å². The number of rotatable bonds is 2. The molecule has 0 aliphatic heterocycles. The normalized spacial score (nSPS) is 8.75. The summed E-state index contributed by atoms with van der Waals surface area (Å²) in [5.74, 6) is 0.960. The van der Waals surface area contributed by atoms with E-state index in [9.17, 15) is 4.39 Å². The molecule has 0 amide bonds. The number of benzene rings is 3. The predicted molar refractivity (Wildman–Crippen MR) is 160 cm³/mol. The van der Waals surface area contributed by atoms with Gasteiger partial charge in [-0.2, -0.15) is 5.26 Å². The van der Waals surface area contributed by atoms with E-state index in [0.29, 0.717) is 11.8 Å². The van der Waals surface area contributed by atoms with E-state index in [0.717, 1.165) is 16.7 Å². The van der Waals surface area contributed by atoms with Crippen LogP contribution in [0, 0.1) is 37.9 Å². The minimum atomic E-state index is -0.101. The van der Waals surface area contributed by atoms with E-state index in [-0.39, 0.29) is 5.82 Å². The molecular weight excluding hydrogens is 441 g/mol. The predicted octanol–water partition coefficient (Wildman–Crippen LogP) is 11.3. The highest BCUT2D eigenvalue weighted by molar-refractivity contribution is 5.30. The second-order valence-electron chi connectivity index (χ2n) is 8.21. The highest BCUT2D eigenvalue weighted by Gasteiger charge is 2.01. The van der Waals surface area contributed by atoms with E-state index < -0.39 is 0 Å². The summed E-state index contributed by atoms with van der Waals surface area (Å²) in [5.41, 5.74) is 6.45. The lowest BCUT2D eigenvalue weighted by Crippen LogP contribution is -1.90. The maximum Gasteiger partial charge on any atom is 0.126 e. The number of hydrogen-bond donors (Lipinski definition) is 0. The Morgan fingerprint density at radius 3 is 1.28 bits per heavy atom. The first-order chi connectivity index (χ1) is 17.1. The van der Waals surface area contributed by atoms with E-state index in [1.54, 1.807) is 13.0 Å². The second kappa shape index (κ2) is 23.8. The molecule has 3 rings (SSSR count). The Balaban J connectivity index is -0.000000411. The van der Waals surface area contributed by atoms with Crippen molar-refractivity contribution in [3.63, 3.8) is 0 Å². The Hall–Kier alpha value is -2.92. The van der Waals surface area contributed by atoms with Crippen molar-refractivity contribution in [2.75, 3.05) is 0 Å². The number of halogens is 1. The minimum absolute atomic E-state index is 0.101. The van der Waals surface area contributed by atoms with Gasteiger partial charge in [-0.3, -0.25) is 0 Å². The lowest BCUT2D eigenvalue weighted by atomic mass is 10.0. The van der Waals surface area contributed by atoms with Gasteiger partial charge in [0.15, 0.2) is 0 Å². The maximum absolute atomic E-state index is 12.9. The van der Waals surface area contributed by atoms with Gasteiger partial charge in [-0.05, 0) is 67.5 Å². The summed E-state index contributed by atoms with van der Waals surface area (Å²) in [6.45, 7) is 26.4.